The highest BCUT2D eigenvalue weighted by Crippen LogP contribution is 2.76. The number of aliphatic hydroxyl groups is 6. The van der Waals surface area contributed by atoms with Crippen molar-refractivity contribution in [2.24, 2.45) is 50.2 Å². The molecular formula is C47H70O19. The number of carboxylic acid groups (broad SMARTS) is 2. The Kier molecular flexibility index (Phi) is 13.0. The van der Waals surface area contributed by atoms with Crippen LogP contribution in [0.25, 0.3) is 0 Å². The number of aliphatic carboxylic acids is 2. The number of ether oxygens (including phenoxy) is 7. The predicted octanol–water partition coefficient (Wildman–Crippen LogP) is 1.79. The Morgan fingerprint density at radius 3 is 2.08 bits per heavy atom. The Balaban J connectivity index is 1.03. The Morgan fingerprint density at radius 2 is 1.41 bits per heavy atom. The molecule has 0 aromatic heterocycles. The number of allylic oxidation sites excluding steroid dienone is 2. The van der Waals surface area contributed by atoms with Crippen LogP contribution < -0.4 is 0 Å². The van der Waals surface area contributed by atoms with Crippen LogP contribution in [0.1, 0.15) is 113 Å². The quantitative estimate of drug-likeness (QED) is 0.0929. The summed E-state index contributed by atoms with van der Waals surface area (Å²) in [5, 5.41) is 83.9. The van der Waals surface area contributed by atoms with Gasteiger partial charge in [-0.2, -0.15) is 0 Å². The molecule has 8 N–H and O–H groups in total. The van der Waals surface area contributed by atoms with E-state index < -0.39 is 128 Å². The number of carbonyl (C=O) groups excluding carboxylic acids is 2. The topological polar surface area (TPSA) is 295 Å². The van der Waals surface area contributed by atoms with E-state index in [0.717, 1.165) is 38.5 Å². The van der Waals surface area contributed by atoms with Crippen LogP contribution in [0.4, 0.5) is 0 Å². The van der Waals surface area contributed by atoms with Crippen molar-refractivity contribution in [3.63, 3.8) is 0 Å². The smallest absolute Gasteiger partial charge is 0.350 e. The van der Waals surface area contributed by atoms with Crippen LogP contribution in [-0.4, -0.2) is 158 Å². The van der Waals surface area contributed by atoms with E-state index in [-0.39, 0.29) is 39.4 Å². The molecule has 19 heteroatoms. The molecule has 4 saturated carbocycles. The lowest BCUT2D eigenvalue weighted by Crippen LogP contribution is -2.67. The van der Waals surface area contributed by atoms with Crippen LogP contribution in [0, 0.1) is 50.2 Å². The lowest BCUT2D eigenvalue weighted by Gasteiger charge is -2.71. The van der Waals surface area contributed by atoms with Gasteiger partial charge in [0.05, 0.1) is 18.1 Å². The number of aliphatic hydroxyl groups excluding tert-OH is 6. The van der Waals surface area contributed by atoms with Gasteiger partial charge in [-0.1, -0.05) is 60.1 Å². The Bertz CT molecular complexity index is 1940. The van der Waals surface area contributed by atoms with Crippen molar-refractivity contribution in [1.29, 1.82) is 0 Å². The zero-order chi connectivity index (χ0) is 48.3. The maximum atomic E-state index is 14.7. The molecule has 0 unspecified atom stereocenters. The molecule has 0 spiro atoms. The molecular weight excluding hydrogens is 868 g/mol. The molecule has 5 aliphatic carbocycles. The summed E-state index contributed by atoms with van der Waals surface area (Å²) in [6.07, 6.45) is -11.7. The first-order chi connectivity index (χ1) is 30.8. The minimum absolute atomic E-state index is 0.0792. The van der Waals surface area contributed by atoms with E-state index in [1.807, 2.05) is 0 Å². The number of rotatable bonds is 9. The number of carboxylic acids is 2. The fraction of sp³-hybridized carbons (Fsp3) is 0.872. The van der Waals surface area contributed by atoms with E-state index >= 15 is 0 Å². The highest BCUT2D eigenvalue weighted by Gasteiger charge is 2.70. The highest BCUT2D eigenvalue weighted by atomic mass is 16.8. The summed E-state index contributed by atoms with van der Waals surface area (Å²) in [4.78, 5) is 50.7. The second-order valence-electron chi connectivity index (χ2n) is 22.7. The summed E-state index contributed by atoms with van der Waals surface area (Å²) in [6, 6.07) is 0. The SMILES string of the molecule is CC1(C)CC[C@]2(C(=O)O[C@@H]3O[C@H](CO)[C@@H](O)[C@H](O)[C@H]3O)CC[C@]3(C)C(=CC[C@@H]4[C@@]5(C)CC[C@H](O[C@@H]6O[C@H](C(=O)O)[C@@H](O)[C@H](O[C@@H]7OCC(=O)O[C@H]7C(=O)O)[C@H]6O)C(C)(C)[C@@H]5CC[C@]43C)[C@@H]2C1. The number of hydrogen-bond acceptors (Lipinski definition) is 17. The van der Waals surface area contributed by atoms with Gasteiger partial charge in [0.25, 0.3) is 0 Å². The van der Waals surface area contributed by atoms with Gasteiger partial charge >= 0.3 is 23.9 Å². The van der Waals surface area contributed by atoms with Crippen molar-refractivity contribution < 1.29 is 93.2 Å². The molecule has 3 aliphatic heterocycles. The number of esters is 2. The molecule has 0 radical (unpaired) electrons. The van der Waals surface area contributed by atoms with Crippen molar-refractivity contribution in [1.82, 2.24) is 0 Å². The molecule has 0 aromatic carbocycles. The van der Waals surface area contributed by atoms with Gasteiger partial charge in [0.2, 0.25) is 18.7 Å². The van der Waals surface area contributed by atoms with Crippen molar-refractivity contribution >= 4 is 23.9 Å². The van der Waals surface area contributed by atoms with Gasteiger partial charge < -0.3 is 74.0 Å². The average Bonchev–Trinajstić information content (AvgIpc) is 3.24. The summed E-state index contributed by atoms with van der Waals surface area (Å²) in [6.45, 7) is 14.5. The number of cyclic esters (lactones) is 1. The maximum Gasteiger partial charge on any atom is 0.350 e. The van der Waals surface area contributed by atoms with Gasteiger partial charge in [0, 0.05) is 0 Å². The number of fused-ring (bicyclic) bond motifs is 7. The third-order valence-electron chi connectivity index (χ3n) is 18.5. The molecule has 8 rings (SSSR count). The third-order valence-corrected chi connectivity index (χ3v) is 18.5. The highest BCUT2D eigenvalue weighted by molar-refractivity contribution is 5.80. The first-order valence-electron chi connectivity index (χ1n) is 23.6. The first-order valence-corrected chi connectivity index (χ1v) is 23.6. The van der Waals surface area contributed by atoms with E-state index in [0.29, 0.717) is 25.7 Å². The Morgan fingerprint density at radius 1 is 0.727 bits per heavy atom. The van der Waals surface area contributed by atoms with Crippen molar-refractivity contribution in [2.75, 3.05) is 13.2 Å². The van der Waals surface area contributed by atoms with Crippen molar-refractivity contribution in [3.05, 3.63) is 11.6 Å². The molecule has 8 aliphatic rings. The molecule has 66 heavy (non-hydrogen) atoms. The van der Waals surface area contributed by atoms with E-state index in [2.05, 4.69) is 54.5 Å². The summed E-state index contributed by atoms with van der Waals surface area (Å²) in [7, 11) is 0. The van der Waals surface area contributed by atoms with Crippen LogP contribution in [0.5, 0.6) is 0 Å². The van der Waals surface area contributed by atoms with E-state index in [1.54, 1.807) is 0 Å². The van der Waals surface area contributed by atoms with Crippen molar-refractivity contribution in [3.8, 4) is 0 Å². The molecule has 0 amide bonds. The minimum Gasteiger partial charge on any atom is -0.479 e. The minimum atomic E-state index is -1.98. The van der Waals surface area contributed by atoms with Gasteiger partial charge in [0.1, 0.15) is 49.3 Å². The first kappa shape index (κ1) is 49.6. The van der Waals surface area contributed by atoms with Gasteiger partial charge in [-0.05, 0) is 109 Å². The van der Waals surface area contributed by atoms with Crippen molar-refractivity contribution in [2.45, 2.75) is 193 Å². The summed E-state index contributed by atoms with van der Waals surface area (Å²) < 4.78 is 39.7. The molecule has 7 fully saturated rings. The van der Waals surface area contributed by atoms with E-state index in [1.165, 1.54) is 5.57 Å². The molecule has 19 nitrogen and oxygen atoms in total. The maximum absolute atomic E-state index is 14.7. The standard InChI is InChI=1S/C47H70O19/c1-42(2)14-16-47(41(59)66-38-30(52)29(51)28(50)23(19-48)61-38)17-15-45(6)21(22(47)18-42)8-9-25-44(5)12-11-26(43(3,4)24(44)10-13-46(25,45)7)62-39-32(54)33(31(53)34(65-39)36(55)56)64-40-35(37(57)58)63-27(49)20-60-40/h8,22-26,28-35,38-40,48,50-54H,9-20H2,1-7H3,(H,55,56)(H,57,58)/t22-,23+,24-,25+,26-,28+,29-,30+,31-,32+,33-,34-,35-,38-,39+,40-,44-,45+,46+,47-/m0/s1. The van der Waals surface area contributed by atoms with Gasteiger partial charge in [-0.15, -0.1) is 0 Å². The second kappa shape index (κ2) is 17.2. The lowest BCUT2D eigenvalue weighted by atomic mass is 9.33. The largest absolute Gasteiger partial charge is 0.479 e. The predicted molar refractivity (Wildman–Crippen MR) is 224 cm³/mol. The van der Waals surface area contributed by atoms with Crippen LogP contribution in [-0.2, 0) is 52.3 Å². The Hall–Kier alpha value is -2.82. The second-order valence-corrected chi connectivity index (χ2v) is 22.7. The summed E-state index contributed by atoms with van der Waals surface area (Å²) in [5.74, 6) is -4.49. The monoisotopic (exact) mass is 938 g/mol. The van der Waals surface area contributed by atoms with Gasteiger partial charge in [0.15, 0.2) is 12.4 Å². The molecule has 0 bridgehead atoms. The van der Waals surface area contributed by atoms with Crippen LogP contribution in [0.15, 0.2) is 11.6 Å². The molecule has 372 valence electrons. The van der Waals surface area contributed by atoms with Crippen LogP contribution >= 0.6 is 0 Å². The fourth-order valence-corrected chi connectivity index (χ4v) is 14.6. The molecule has 20 atom stereocenters. The lowest BCUT2D eigenvalue weighted by molar-refractivity contribution is -0.349. The van der Waals surface area contributed by atoms with Crippen LogP contribution in [0.2, 0.25) is 0 Å². The molecule has 0 aromatic rings. The van der Waals surface area contributed by atoms with Gasteiger partial charge in [-0.25, -0.2) is 14.4 Å². The Labute approximate surface area is 384 Å². The average molecular weight is 939 g/mol. The molecule has 3 saturated heterocycles. The zero-order valence-electron chi connectivity index (χ0n) is 38.9. The summed E-state index contributed by atoms with van der Waals surface area (Å²) >= 11 is 0. The van der Waals surface area contributed by atoms with Gasteiger partial charge in [-0.3, -0.25) is 4.79 Å². The zero-order valence-corrected chi connectivity index (χ0v) is 38.9. The van der Waals surface area contributed by atoms with E-state index in [4.69, 9.17) is 33.2 Å². The summed E-state index contributed by atoms with van der Waals surface area (Å²) in [5.41, 5.74) is -0.984. The van der Waals surface area contributed by atoms with E-state index in [9.17, 15) is 60.0 Å². The number of carbonyl (C=O) groups is 4. The fourth-order valence-electron chi connectivity index (χ4n) is 14.6. The number of hydrogen-bond donors (Lipinski definition) is 8. The normalized spacial score (nSPS) is 49.7. The third kappa shape index (κ3) is 7.74. The molecule has 3 heterocycles. The van der Waals surface area contributed by atoms with Crippen LogP contribution in [0.3, 0.4) is 0 Å².